The van der Waals surface area contributed by atoms with Gasteiger partial charge in [-0.2, -0.15) is 0 Å². The molecular weight excluding hydrogens is 380 g/mol. The van der Waals surface area contributed by atoms with Gasteiger partial charge in [0.2, 0.25) is 5.91 Å². The number of carbonyl (C=O) groups is 2. The van der Waals surface area contributed by atoms with E-state index in [0.717, 1.165) is 23.3 Å². The summed E-state index contributed by atoms with van der Waals surface area (Å²) in [5.41, 5.74) is 3.13. The Labute approximate surface area is 165 Å². The third-order valence-electron chi connectivity index (χ3n) is 4.32. The standard InChI is InChI=1S/C20H19F2N5O2/c1-11-4-7-17(12(2)8-11)24-18(28)10-27-13(3)19(25-26-27)20(29)23-14-5-6-15(21)16(22)9-14/h4-9H,10H2,1-3H3,(H,23,29)(H,24,28). The molecule has 1 aromatic heterocycles. The van der Waals surface area contributed by atoms with E-state index in [-0.39, 0.29) is 23.8 Å². The minimum atomic E-state index is -1.08. The molecule has 9 heteroatoms. The van der Waals surface area contributed by atoms with E-state index in [9.17, 15) is 18.4 Å². The summed E-state index contributed by atoms with van der Waals surface area (Å²) >= 11 is 0. The maximum atomic E-state index is 13.3. The summed E-state index contributed by atoms with van der Waals surface area (Å²) in [6.07, 6.45) is 0. The number of anilines is 2. The molecule has 150 valence electrons. The molecule has 2 N–H and O–H groups in total. The molecule has 29 heavy (non-hydrogen) atoms. The van der Waals surface area contributed by atoms with Crippen molar-refractivity contribution in [3.8, 4) is 0 Å². The summed E-state index contributed by atoms with van der Waals surface area (Å²) < 4.78 is 27.6. The molecule has 2 amide bonds. The second-order valence-electron chi connectivity index (χ2n) is 6.63. The Morgan fingerprint density at radius 3 is 2.45 bits per heavy atom. The van der Waals surface area contributed by atoms with Crippen molar-refractivity contribution in [1.82, 2.24) is 15.0 Å². The number of amides is 2. The number of benzene rings is 2. The summed E-state index contributed by atoms with van der Waals surface area (Å²) in [5.74, 6) is -3.06. The number of carbonyl (C=O) groups excluding carboxylic acids is 2. The van der Waals surface area contributed by atoms with E-state index in [1.165, 1.54) is 10.7 Å². The number of aryl methyl sites for hydroxylation is 2. The fraction of sp³-hybridized carbons (Fsp3) is 0.200. The number of hydrogen-bond donors (Lipinski definition) is 2. The first-order valence-corrected chi connectivity index (χ1v) is 8.78. The van der Waals surface area contributed by atoms with Crippen LogP contribution in [0.1, 0.15) is 27.3 Å². The molecule has 0 bridgehead atoms. The van der Waals surface area contributed by atoms with E-state index in [1.54, 1.807) is 6.92 Å². The molecule has 0 radical (unpaired) electrons. The Morgan fingerprint density at radius 1 is 1.00 bits per heavy atom. The molecular formula is C20H19F2N5O2. The molecule has 0 unspecified atom stereocenters. The van der Waals surface area contributed by atoms with Crippen LogP contribution in [0.25, 0.3) is 0 Å². The quantitative estimate of drug-likeness (QED) is 0.688. The molecule has 0 fully saturated rings. The highest BCUT2D eigenvalue weighted by atomic mass is 19.2. The van der Waals surface area contributed by atoms with Gasteiger partial charge in [-0.15, -0.1) is 5.10 Å². The van der Waals surface area contributed by atoms with Gasteiger partial charge >= 0.3 is 0 Å². The molecule has 0 saturated heterocycles. The van der Waals surface area contributed by atoms with Crippen molar-refractivity contribution in [1.29, 1.82) is 0 Å². The maximum absolute atomic E-state index is 13.3. The molecule has 3 aromatic rings. The van der Waals surface area contributed by atoms with E-state index in [4.69, 9.17) is 0 Å². The highest BCUT2D eigenvalue weighted by Gasteiger charge is 2.19. The second-order valence-corrected chi connectivity index (χ2v) is 6.63. The third-order valence-corrected chi connectivity index (χ3v) is 4.32. The van der Waals surface area contributed by atoms with Crippen LogP contribution in [0.5, 0.6) is 0 Å². The predicted octanol–water partition coefficient (Wildman–Crippen LogP) is 3.37. The lowest BCUT2D eigenvalue weighted by atomic mass is 10.1. The molecule has 0 aliphatic heterocycles. The van der Waals surface area contributed by atoms with Crippen molar-refractivity contribution in [3.63, 3.8) is 0 Å². The number of nitrogens with one attached hydrogen (secondary N) is 2. The van der Waals surface area contributed by atoms with Crippen molar-refractivity contribution in [2.75, 3.05) is 10.6 Å². The molecule has 0 spiro atoms. The molecule has 0 atom stereocenters. The first-order valence-electron chi connectivity index (χ1n) is 8.78. The fourth-order valence-corrected chi connectivity index (χ4v) is 2.76. The first-order chi connectivity index (χ1) is 13.7. The van der Waals surface area contributed by atoms with E-state index >= 15 is 0 Å². The molecule has 3 rings (SSSR count). The smallest absolute Gasteiger partial charge is 0.278 e. The normalized spacial score (nSPS) is 10.7. The number of hydrogen-bond acceptors (Lipinski definition) is 4. The summed E-state index contributed by atoms with van der Waals surface area (Å²) in [7, 11) is 0. The van der Waals surface area contributed by atoms with Gasteiger partial charge in [-0.1, -0.05) is 22.9 Å². The van der Waals surface area contributed by atoms with Gasteiger partial charge in [-0.05, 0) is 44.5 Å². The lowest BCUT2D eigenvalue weighted by Crippen LogP contribution is -2.21. The zero-order chi connectivity index (χ0) is 21.1. The highest BCUT2D eigenvalue weighted by molar-refractivity contribution is 6.03. The molecule has 2 aromatic carbocycles. The summed E-state index contributed by atoms with van der Waals surface area (Å²) in [6, 6.07) is 8.67. The van der Waals surface area contributed by atoms with Crippen molar-refractivity contribution in [2.24, 2.45) is 0 Å². The molecule has 0 saturated carbocycles. The number of aromatic nitrogens is 3. The monoisotopic (exact) mass is 399 g/mol. The van der Waals surface area contributed by atoms with Crippen LogP contribution in [0.4, 0.5) is 20.2 Å². The Balaban J connectivity index is 1.68. The molecule has 0 aliphatic carbocycles. The lowest BCUT2D eigenvalue weighted by Gasteiger charge is -2.10. The van der Waals surface area contributed by atoms with Gasteiger partial charge in [0.1, 0.15) is 6.54 Å². The van der Waals surface area contributed by atoms with Crippen LogP contribution >= 0.6 is 0 Å². The first kappa shape index (κ1) is 20.1. The fourth-order valence-electron chi connectivity index (χ4n) is 2.76. The van der Waals surface area contributed by atoms with Crippen LogP contribution in [-0.4, -0.2) is 26.8 Å². The average Bonchev–Trinajstić information content (AvgIpc) is 3.01. The number of nitrogens with zero attached hydrogens (tertiary/aromatic N) is 3. The number of rotatable bonds is 5. The van der Waals surface area contributed by atoms with Crippen LogP contribution in [0, 0.1) is 32.4 Å². The second kappa shape index (κ2) is 8.17. The zero-order valence-electron chi connectivity index (χ0n) is 16.1. The Bertz CT molecular complexity index is 1090. The SMILES string of the molecule is Cc1ccc(NC(=O)Cn2nnc(C(=O)Nc3ccc(F)c(F)c3)c2C)c(C)c1. The average molecular weight is 399 g/mol. The third kappa shape index (κ3) is 4.63. The maximum Gasteiger partial charge on any atom is 0.278 e. The zero-order valence-corrected chi connectivity index (χ0v) is 16.1. The minimum absolute atomic E-state index is 0.0194. The van der Waals surface area contributed by atoms with Gasteiger partial charge in [0.05, 0.1) is 5.69 Å². The van der Waals surface area contributed by atoms with E-state index in [1.807, 2.05) is 32.0 Å². The largest absolute Gasteiger partial charge is 0.324 e. The van der Waals surface area contributed by atoms with E-state index < -0.39 is 17.5 Å². The van der Waals surface area contributed by atoms with Gasteiger partial charge in [0.25, 0.3) is 5.91 Å². The van der Waals surface area contributed by atoms with Crippen LogP contribution in [0.3, 0.4) is 0 Å². The van der Waals surface area contributed by atoms with Crippen LogP contribution < -0.4 is 10.6 Å². The molecule has 7 nitrogen and oxygen atoms in total. The van der Waals surface area contributed by atoms with Crippen LogP contribution in [-0.2, 0) is 11.3 Å². The van der Waals surface area contributed by atoms with Gasteiger partial charge in [-0.25, -0.2) is 13.5 Å². The Kier molecular flexibility index (Phi) is 5.67. The van der Waals surface area contributed by atoms with Crippen molar-refractivity contribution >= 4 is 23.2 Å². The van der Waals surface area contributed by atoms with Crippen molar-refractivity contribution < 1.29 is 18.4 Å². The van der Waals surface area contributed by atoms with Gasteiger partial charge < -0.3 is 10.6 Å². The lowest BCUT2D eigenvalue weighted by molar-refractivity contribution is -0.117. The van der Waals surface area contributed by atoms with Crippen LogP contribution in [0.15, 0.2) is 36.4 Å². The number of halogens is 2. The predicted molar refractivity (Wildman–Crippen MR) is 104 cm³/mol. The van der Waals surface area contributed by atoms with Gasteiger partial charge in [0, 0.05) is 17.4 Å². The molecule has 1 heterocycles. The minimum Gasteiger partial charge on any atom is -0.324 e. The van der Waals surface area contributed by atoms with E-state index in [2.05, 4.69) is 20.9 Å². The van der Waals surface area contributed by atoms with Gasteiger partial charge in [0.15, 0.2) is 17.3 Å². The Morgan fingerprint density at radius 2 is 1.76 bits per heavy atom. The van der Waals surface area contributed by atoms with Gasteiger partial charge in [-0.3, -0.25) is 9.59 Å². The highest BCUT2D eigenvalue weighted by Crippen LogP contribution is 2.17. The topological polar surface area (TPSA) is 88.9 Å². The van der Waals surface area contributed by atoms with Crippen molar-refractivity contribution in [2.45, 2.75) is 27.3 Å². The molecule has 0 aliphatic rings. The summed E-state index contributed by atoms with van der Waals surface area (Å²) in [4.78, 5) is 24.7. The Hall–Kier alpha value is -3.62. The van der Waals surface area contributed by atoms with Crippen molar-refractivity contribution in [3.05, 3.63) is 70.5 Å². The van der Waals surface area contributed by atoms with E-state index in [0.29, 0.717) is 11.4 Å². The summed E-state index contributed by atoms with van der Waals surface area (Å²) in [5, 5.41) is 12.9. The summed E-state index contributed by atoms with van der Waals surface area (Å²) in [6.45, 7) is 5.31. The van der Waals surface area contributed by atoms with Crippen LogP contribution in [0.2, 0.25) is 0 Å².